The van der Waals surface area contributed by atoms with E-state index in [1.807, 2.05) is 19.1 Å². The molecule has 0 fully saturated rings. The van der Waals surface area contributed by atoms with Crippen molar-refractivity contribution in [3.8, 4) is 6.07 Å². The first-order valence-electron chi connectivity index (χ1n) is 8.00. The summed E-state index contributed by atoms with van der Waals surface area (Å²) >= 11 is 0. The Kier molecular flexibility index (Phi) is 6.23. The van der Waals surface area contributed by atoms with Gasteiger partial charge in [0.25, 0.3) is 5.56 Å². The number of rotatable bonds is 7. The molecule has 0 aliphatic rings. The summed E-state index contributed by atoms with van der Waals surface area (Å²) in [6.07, 6.45) is 2.15. The second-order valence-corrected chi connectivity index (χ2v) is 5.49. The minimum absolute atomic E-state index is 0.190. The SMILES string of the molecule is CCN(CCC#N)c1ccc(/C=N\Nc2nnc(C)c(=O)[nH]2)c(C)c1. The average molecular weight is 339 g/mol. The standard InChI is InChI=1S/C17H21N7O/c1-4-24(9-5-8-18)15-7-6-14(12(2)10-15)11-19-22-17-20-16(25)13(3)21-23-17/h6-7,10-11H,4-5,9H2,1-3H3,(H2,20,22,23,25)/b19-11-. The van der Waals surface area contributed by atoms with Crippen LogP contribution in [0.15, 0.2) is 28.1 Å². The fourth-order valence-electron chi connectivity index (χ4n) is 2.26. The molecule has 0 radical (unpaired) electrons. The summed E-state index contributed by atoms with van der Waals surface area (Å²) in [6, 6.07) is 8.21. The van der Waals surface area contributed by atoms with Crippen molar-refractivity contribution >= 4 is 17.9 Å². The molecular formula is C17H21N7O. The molecule has 2 N–H and O–H groups in total. The molecule has 130 valence electrons. The minimum atomic E-state index is -0.301. The van der Waals surface area contributed by atoms with Gasteiger partial charge >= 0.3 is 0 Å². The van der Waals surface area contributed by atoms with Crippen LogP contribution in [-0.4, -0.2) is 34.5 Å². The number of nitrogens with one attached hydrogen (secondary N) is 2. The number of hydrogen-bond donors (Lipinski definition) is 2. The molecule has 2 rings (SSSR count). The summed E-state index contributed by atoms with van der Waals surface area (Å²) in [5.41, 5.74) is 5.74. The number of aromatic amines is 1. The van der Waals surface area contributed by atoms with Crippen molar-refractivity contribution < 1.29 is 0 Å². The lowest BCUT2D eigenvalue weighted by Crippen LogP contribution is -2.23. The number of nitrogens with zero attached hydrogens (tertiary/aromatic N) is 5. The third kappa shape index (κ3) is 4.88. The fourth-order valence-corrected chi connectivity index (χ4v) is 2.26. The van der Waals surface area contributed by atoms with Gasteiger partial charge in [-0.1, -0.05) is 6.07 Å². The van der Waals surface area contributed by atoms with Crippen molar-refractivity contribution in [3.05, 3.63) is 45.4 Å². The van der Waals surface area contributed by atoms with Crippen molar-refractivity contribution in [1.82, 2.24) is 15.2 Å². The topological polar surface area (TPSA) is 110 Å². The zero-order chi connectivity index (χ0) is 18.2. The van der Waals surface area contributed by atoms with Crippen LogP contribution in [0.2, 0.25) is 0 Å². The van der Waals surface area contributed by atoms with Crippen LogP contribution in [0, 0.1) is 25.2 Å². The van der Waals surface area contributed by atoms with E-state index < -0.39 is 0 Å². The molecule has 8 nitrogen and oxygen atoms in total. The number of H-pyrrole nitrogens is 1. The van der Waals surface area contributed by atoms with Gasteiger partial charge in [0.05, 0.1) is 18.7 Å². The number of hydrogen-bond acceptors (Lipinski definition) is 7. The van der Waals surface area contributed by atoms with Gasteiger partial charge < -0.3 is 4.90 Å². The van der Waals surface area contributed by atoms with E-state index in [0.717, 1.165) is 23.4 Å². The number of aromatic nitrogens is 3. The molecular weight excluding hydrogens is 318 g/mol. The zero-order valence-electron chi connectivity index (χ0n) is 14.6. The molecule has 0 amide bonds. The Morgan fingerprint density at radius 1 is 1.40 bits per heavy atom. The van der Waals surface area contributed by atoms with E-state index in [1.54, 1.807) is 13.1 Å². The van der Waals surface area contributed by atoms with Crippen molar-refractivity contribution in [2.45, 2.75) is 27.2 Å². The predicted molar refractivity (Wildman–Crippen MR) is 97.9 cm³/mol. The quantitative estimate of drug-likeness (QED) is 0.589. The van der Waals surface area contributed by atoms with Gasteiger partial charge in [0.1, 0.15) is 5.69 Å². The van der Waals surface area contributed by atoms with E-state index in [0.29, 0.717) is 18.7 Å². The summed E-state index contributed by atoms with van der Waals surface area (Å²) in [6.45, 7) is 7.20. The first kappa shape index (κ1) is 18.1. The highest BCUT2D eigenvalue weighted by Crippen LogP contribution is 2.18. The van der Waals surface area contributed by atoms with Gasteiger partial charge in [0, 0.05) is 18.8 Å². The highest BCUT2D eigenvalue weighted by atomic mass is 16.1. The van der Waals surface area contributed by atoms with Crippen LogP contribution < -0.4 is 15.9 Å². The maximum absolute atomic E-state index is 11.5. The molecule has 0 saturated heterocycles. The molecule has 0 spiro atoms. The van der Waals surface area contributed by atoms with Crippen LogP contribution in [0.5, 0.6) is 0 Å². The normalized spacial score (nSPS) is 10.6. The van der Waals surface area contributed by atoms with Gasteiger partial charge in [0.2, 0.25) is 5.95 Å². The second kappa shape index (κ2) is 8.59. The number of anilines is 2. The van der Waals surface area contributed by atoms with E-state index in [-0.39, 0.29) is 11.5 Å². The van der Waals surface area contributed by atoms with Crippen molar-refractivity contribution in [2.24, 2.45) is 5.10 Å². The smallest absolute Gasteiger partial charge is 0.274 e. The van der Waals surface area contributed by atoms with Crippen molar-refractivity contribution in [1.29, 1.82) is 5.26 Å². The third-order valence-corrected chi connectivity index (χ3v) is 3.73. The van der Waals surface area contributed by atoms with E-state index in [1.165, 1.54) is 0 Å². The first-order valence-corrected chi connectivity index (χ1v) is 8.00. The lowest BCUT2D eigenvalue weighted by molar-refractivity contribution is 0.826. The lowest BCUT2D eigenvalue weighted by Gasteiger charge is -2.22. The summed E-state index contributed by atoms with van der Waals surface area (Å²) in [4.78, 5) is 16.2. The van der Waals surface area contributed by atoms with Gasteiger partial charge in [-0.05, 0) is 44.0 Å². The Bertz CT molecular complexity index is 851. The first-order chi connectivity index (χ1) is 12.0. The Labute approximate surface area is 146 Å². The van der Waals surface area contributed by atoms with Crippen LogP contribution in [0.3, 0.4) is 0 Å². The van der Waals surface area contributed by atoms with Gasteiger partial charge in [0.15, 0.2) is 0 Å². The Morgan fingerprint density at radius 3 is 2.84 bits per heavy atom. The van der Waals surface area contributed by atoms with Crippen LogP contribution in [0.4, 0.5) is 11.6 Å². The monoisotopic (exact) mass is 339 g/mol. The molecule has 0 unspecified atom stereocenters. The predicted octanol–water partition coefficient (Wildman–Crippen LogP) is 1.97. The van der Waals surface area contributed by atoms with E-state index in [4.69, 9.17) is 5.26 Å². The van der Waals surface area contributed by atoms with E-state index in [2.05, 4.69) is 49.7 Å². The molecule has 8 heteroatoms. The van der Waals surface area contributed by atoms with Gasteiger partial charge in [-0.25, -0.2) is 5.43 Å². The Balaban J connectivity index is 2.08. The number of hydrazone groups is 1. The van der Waals surface area contributed by atoms with Crippen LogP contribution >= 0.6 is 0 Å². The number of benzene rings is 1. The van der Waals surface area contributed by atoms with E-state index >= 15 is 0 Å². The average Bonchev–Trinajstić information content (AvgIpc) is 2.60. The number of aryl methyl sites for hydroxylation is 2. The Morgan fingerprint density at radius 2 is 2.20 bits per heavy atom. The largest absolute Gasteiger partial charge is 0.371 e. The van der Waals surface area contributed by atoms with Crippen molar-refractivity contribution in [3.63, 3.8) is 0 Å². The highest BCUT2D eigenvalue weighted by Gasteiger charge is 2.06. The summed E-state index contributed by atoms with van der Waals surface area (Å²) in [7, 11) is 0. The minimum Gasteiger partial charge on any atom is -0.371 e. The van der Waals surface area contributed by atoms with Crippen LogP contribution in [0.1, 0.15) is 30.2 Å². The highest BCUT2D eigenvalue weighted by molar-refractivity contribution is 5.83. The summed E-state index contributed by atoms with van der Waals surface area (Å²) in [5, 5.41) is 20.4. The Hall–Kier alpha value is -3.21. The molecule has 2 aromatic rings. The maximum atomic E-state index is 11.5. The van der Waals surface area contributed by atoms with Gasteiger partial charge in [-0.3, -0.25) is 9.78 Å². The van der Waals surface area contributed by atoms with Gasteiger partial charge in [-0.15, -0.1) is 10.2 Å². The summed E-state index contributed by atoms with van der Waals surface area (Å²) < 4.78 is 0. The van der Waals surface area contributed by atoms with Crippen molar-refractivity contribution in [2.75, 3.05) is 23.4 Å². The van der Waals surface area contributed by atoms with Gasteiger partial charge in [-0.2, -0.15) is 10.4 Å². The van der Waals surface area contributed by atoms with E-state index in [9.17, 15) is 4.79 Å². The fraction of sp³-hybridized carbons (Fsp3) is 0.353. The molecule has 1 aromatic heterocycles. The molecule has 0 aliphatic heterocycles. The zero-order valence-corrected chi connectivity index (χ0v) is 14.6. The lowest BCUT2D eigenvalue weighted by atomic mass is 10.1. The molecule has 25 heavy (non-hydrogen) atoms. The van der Waals surface area contributed by atoms with Crippen LogP contribution in [-0.2, 0) is 0 Å². The van der Waals surface area contributed by atoms with Crippen LogP contribution in [0.25, 0.3) is 0 Å². The number of nitriles is 1. The maximum Gasteiger partial charge on any atom is 0.274 e. The molecule has 1 aromatic carbocycles. The molecule has 0 aliphatic carbocycles. The molecule has 1 heterocycles. The third-order valence-electron chi connectivity index (χ3n) is 3.73. The second-order valence-electron chi connectivity index (χ2n) is 5.49. The molecule has 0 atom stereocenters. The molecule has 0 saturated carbocycles. The summed E-state index contributed by atoms with van der Waals surface area (Å²) in [5.74, 6) is 0.190. The molecule has 0 bridgehead atoms.